The summed E-state index contributed by atoms with van der Waals surface area (Å²) in [5.74, 6) is 0. The van der Waals surface area contributed by atoms with Crippen molar-refractivity contribution < 1.29 is 0 Å². The Morgan fingerprint density at radius 2 is 0.429 bits per heavy atom. The number of hydrogen-bond acceptors (Lipinski definition) is 0. The zero-order chi connectivity index (χ0) is 19.8. The average molecular weight is 371 g/mol. The van der Waals surface area contributed by atoms with Gasteiger partial charge < -0.3 is 0 Å². The molecule has 0 saturated heterocycles. The maximum atomic E-state index is 2.26. The maximum Gasteiger partial charge on any atom is -0.0348 e. The number of hydrogen-bond donors (Lipinski definition) is 0. The van der Waals surface area contributed by atoms with Crippen molar-refractivity contribution in [1.29, 1.82) is 0 Å². The number of allylic oxidation sites excluding steroid dienone is 22. The van der Waals surface area contributed by atoms with Crippen LogP contribution in [0.25, 0.3) is 0 Å². The first-order valence-corrected chi connectivity index (χ1v) is 10.3. The summed E-state index contributed by atoms with van der Waals surface area (Å²) < 4.78 is 0. The van der Waals surface area contributed by atoms with Crippen LogP contribution < -0.4 is 0 Å². The van der Waals surface area contributed by atoms with Crippen LogP contribution in [0.5, 0.6) is 0 Å². The molecule has 1 aliphatic rings. The van der Waals surface area contributed by atoms with E-state index in [1.54, 1.807) is 0 Å². The van der Waals surface area contributed by atoms with Crippen molar-refractivity contribution in [2.24, 2.45) is 0 Å². The summed E-state index contributed by atoms with van der Waals surface area (Å²) in [6, 6.07) is 0. The van der Waals surface area contributed by atoms with E-state index < -0.39 is 0 Å². The lowest BCUT2D eigenvalue weighted by Gasteiger charge is -1.96. The molecule has 1 aliphatic carbocycles. The summed E-state index contributed by atoms with van der Waals surface area (Å²) in [5.41, 5.74) is 0. The fourth-order valence-corrected chi connectivity index (χ4v) is 2.38. The lowest BCUT2D eigenvalue weighted by molar-refractivity contribution is 0.652. The van der Waals surface area contributed by atoms with Crippen molar-refractivity contribution in [3.63, 3.8) is 0 Å². The van der Waals surface area contributed by atoms with Crippen LogP contribution in [0.1, 0.15) is 38.5 Å². The normalized spacial score (nSPS) is 26.9. The van der Waals surface area contributed by atoms with E-state index in [9.17, 15) is 0 Å². The van der Waals surface area contributed by atoms with E-state index in [4.69, 9.17) is 0 Å². The van der Waals surface area contributed by atoms with Gasteiger partial charge in [0.15, 0.2) is 0 Å². The molecule has 0 aromatic heterocycles. The monoisotopic (exact) mass is 370 g/mol. The topological polar surface area (TPSA) is 0 Å². The van der Waals surface area contributed by atoms with Gasteiger partial charge in [0.05, 0.1) is 0 Å². The van der Waals surface area contributed by atoms with Crippen LogP contribution in [0.4, 0.5) is 0 Å². The van der Waals surface area contributed by atoms with E-state index in [1.807, 2.05) is 85.1 Å². The first-order chi connectivity index (χ1) is 14.0. The summed E-state index contributed by atoms with van der Waals surface area (Å²) in [4.78, 5) is 0. The van der Waals surface area contributed by atoms with Gasteiger partial charge >= 0.3 is 0 Å². The molecule has 0 radical (unpaired) electrons. The highest BCUT2D eigenvalue weighted by Crippen LogP contribution is 2.06. The summed E-state index contributed by atoms with van der Waals surface area (Å²) >= 11 is 0. The molecule has 28 heavy (non-hydrogen) atoms. The molecular weight excluding hydrogens is 336 g/mol. The third-order valence-corrected chi connectivity index (χ3v) is 3.87. The molecule has 0 aromatic carbocycles. The van der Waals surface area contributed by atoms with Gasteiger partial charge in [-0.2, -0.15) is 0 Å². The third-order valence-electron chi connectivity index (χ3n) is 3.87. The Labute approximate surface area is 172 Å². The molecule has 0 nitrogen and oxygen atoms in total. The van der Waals surface area contributed by atoms with Crippen LogP contribution in [0, 0.1) is 0 Å². The fraction of sp³-hybridized carbons (Fsp3) is 0.214. The predicted molar refractivity (Wildman–Crippen MR) is 128 cm³/mol. The van der Waals surface area contributed by atoms with E-state index in [2.05, 4.69) is 48.6 Å². The lowest BCUT2D eigenvalue weighted by atomic mass is 10.1. The molecule has 1 rings (SSSR count). The molecule has 0 saturated carbocycles. The molecule has 0 bridgehead atoms. The zero-order valence-electron chi connectivity index (χ0n) is 16.9. The average Bonchev–Trinajstić information content (AvgIpc) is 2.71. The van der Waals surface area contributed by atoms with Gasteiger partial charge in [0.2, 0.25) is 0 Å². The lowest BCUT2D eigenvalue weighted by Crippen LogP contribution is -1.76. The first-order valence-electron chi connectivity index (χ1n) is 10.3. The second-order valence-electron chi connectivity index (χ2n) is 6.31. The molecule has 0 aliphatic heterocycles. The van der Waals surface area contributed by atoms with E-state index in [0.29, 0.717) is 0 Å². The van der Waals surface area contributed by atoms with Crippen molar-refractivity contribution >= 4 is 0 Å². The van der Waals surface area contributed by atoms with Gasteiger partial charge in [-0.05, 0) is 25.7 Å². The Hall–Kier alpha value is -2.86. The Morgan fingerprint density at radius 3 is 0.679 bits per heavy atom. The highest BCUT2D eigenvalue weighted by Gasteiger charge is 1.86. The van der Waals surface area contributed by atoms with E-state index in [-0.39, 0.29) is 0 Å². The molecule has 0 amide bonds. The molecule has 0 aromatic rings. The van der Waals surface area contributed by atoms with Gasteiger partial charge in [-0.1, -0.05) is 147 Å². The van der Waals surface area contributed by atoms with Gasteiger partial charge in [-0.3, -0.25) is 0 Å². The van der Waals surface area contributed by atoms with Crippen molar-refractivity contribution in [3.05, 3.63) is 134 Å². The molecule has 146 valence electrons. The standard InChI is InChI=1S/C28H34/c1-2-4-6-8-10-12-14-16-18-20-22-24-26-28-27-25-23-21-19-17-15-13-11-9-7-5-3-1/h1-22H,23-28H2/b2-1-,5-3-,6-4?,9-7-,10-8?,13-11-,14-12-,17-15-,18-16-,21-19?,22-20-. The van der Waals surface area contributed by atoms with Crippen LogP contribution in [0.3, 0.4) is 0 Å². The second kappa shape index (κ2) is 20.5. The minimum Gasteiger partial charge on any atom is -0.0845 e. The fourth-order valence-electron chi connectivity index (χ4n) is 2.38. The SMILES string of the molecule is C1=C\C=C/C=C\C=C/C=C\C=C/C=CCCCCCC\C=C/C=C\C=C/C=C1. The highest BCUT2D eigenvalue weighted by atomic mass is 13.9. The predicted octanol–water partition coefficient (Wildman–Crippen LogP) is 8.46. The quantitative estimate of drug-likeness (QED) is 0.401. The van der Waals surface area contributed by atoms with Crippen LogP contribution >= 0.6 is 0 Å². The Balaban J connectivity index is 2.50. The van der Waals surface area contributed by atoms with E-state index >= 15 is 0 Å². The van der Waals surface area contributed by atoms with Crippen molar-refractivity contribution in [2.45, 2.75) is 38.5 Å². The molecule has 0 heteroatoms. The number of rotatable bonds is 0. The van der Waals surface area contributed by atoms with Gasteiger partial charge in [0, 0.05) is 0 Å². The Morgan fingerprint density at radius 1 is 0.214 bits per heavy atom. The van der Waals surface area contributed by atoms with Gasteiger partial charge in [-0.25, -0.2) is 0 Å². The summed E-state index contributed by atoms with van der Waals surface area (Å²) in [6.45, 7) is 0. The minimum atomic E-state index is 1.17. The van der Waals surface area contributed by atoms with Crippen molar-refractivity contribution in [2.75, 3.05) is 0 Å². The van der Waals surface area contributed by atoms with Crippen LogP contribution in [0.15, 0.2) is 134 Å². The zero-order valence-corrected chi connectivity index (χ0v) is 16.9. The van der Waals surface area contributed by atoms with Crippen molar-refractivity contribution in [1.82, 2.24) is 0 Å². The highest BCUT2D eigenvalue weighted by molar-refractivity contribution is 5.22. The van der Waals surface area contributed by atoms with Crippen molar-refractivity contribution in [3.8, 4) is 0 Å². The van der Waals surface area contributed by atoms with Crippen LogP contribution in [-0.4, -0.2) is 0 Å². The molecule has 0 atom stereocenters. The molecule has 0 N–H and O–H groups in total. The van der Waals surface area contributed by atoms with Gasteiger partial charge in [-0.15, -0.1) is 0 Å². The summed E-state index contributed by atoms with van der Waals surface area (Å²) in [7, 11) is 0. The first kappa shape index (κ1) is 23.2. The van der Waals surface area contributed by atoms with Crippen LogP contribution in [-0.2, 0) is 0 Å². The maximum absolute atomic E-state index is 2.26. The second-order valence-corrected chi connectivity index (χ2v) is 6.31. The molecule has 0 unspecified atom stereocenters. The smallest absolute Gasteiger partial charge is 0.0348 e. The van der Waals surface area contributed by atoms with Crippen LogP contribution in [0.2, 0.25) is 0 Å². The Kier molecular flexibility index (Phi) is 16.9. The van der Waals surface area contributed by atoms with E-state index in [0.717, 1.165) is 0 Å². The van der Waals surface area contributed by atoms with E-state index in [1.165, 1.54) is 38.5 Å². The molecular formula is C28H34. The molecule has 0 spiro atoms. The van der Waals surface area contributed by atoms with Gasteiger partial charge in [0.25, 0.3) is 0 Å². The largest absolute Gasteiger partial charge is 0.0845 e. The third kappa shape index (κ3) is 17.9. The summed E-state index contributed by atoms with van der Waals surface area (Å²) in [5, 5.41) is 0. The molecule has 0 heterocycles. The minimum absolute atomic E-state index is 1.17. The van der Waals surface area contributed by atoms with Gasteiger partial charge in [0.1, 0.15) is 0 Å². The molecule has 0 fully saturated rings. The Bertz CT molecular complexity index is 620. The summed E-state index contributed by atoms with van der Waals surface area (Å²) in [6.07, 6.45) is 53.0.